The molecule has 1 aromatic rings. The van der Waals surface area contributed by atoms with Crippen molar-refractivity contribution in [3.05, 3.63) is 34.1 Å². The number of carbonyl (C=O) groups is 1. The van der Waals surface area contributed by atoms with E-state index in [1.54, 1.807) is 23.1 Å². The zero-order valence-corrected chi connectivity index (χ0v) is 12.4. The summed E-state index contributed by atoms with van der Waals surface area (Å²) in [5, 5.41) is 19.8. The Kier molecular flexibility index (Phi) is 7.15. The van der Waals surface area contributed by atoms with Gasteiger partial charge in [0, 0.05) is 23.1 Å². The Morgan fingerprint density at radius 1 is 1.55 bits per heavy atom. The van der Waals surface area contributed by atoms with Crippen LogP contribution in [0.5, 0.6) is 0 Å². The Bertz CT molecular complexity index is 505. The number of hydrogen-bond donors (Lipinski definition) is 2. The normalized spacial score (nSPS) is 10.3. The van der Waals surface area contributed by atoms with Crippen molar-refractivity contribution in [3.8, 4) is 6.07 Å². The fraction of sp³-hybridized carbons (Fsp3) is 0.385. The molecule has 0 fully saturated rings. The van der Waals surface area contributed by atoms with Crippen LogP contribution >= 0.6 is 15.9 Å². The third-order valence-corrected chi connectivity index (χ3v) is 3.04. The molecule has 2 N–H and O–H groups in total. The number of benzene rings is 1. The van der Waals surface area contributed by atoms with E-state index in [4.69, 9.17) is 10.4 Å². The molecule has 0 unspecified atom stereocenters. The van der Waals surface area contributed by atoms with Gasteiger partial charge in [0.05, 0.1) is 19.2 Å². The van der Waals surface area contributed by atoms with Crippen LogP contribution in [0, 0.1) is 17.1 Å². The Hall–Kier alpha value is -1.49. The van der Waals surface area contributed by atoms with Crippen molar-refractivity contribution in [2.24, 2.45) is 0 Å². The zero-order valence-electron chi connectivity index (χ0n) is 10.8. The summed E-state index contributed by atoms with van der Waals surface area (Å²) in [5.74, 6) is -0.705. The molecule has 5 nitrogen and oxygen atoms in total. The van der Waals surface area contributed by atoms with Gasteiger partial charge in [-0.1, -0.05) is 15.9 Å². The molecule has 0 saturated heterocycles. The minimum Gasteiger partial charge on any atom is -0.395 e. The molecule has 0 heterocycles. The summed E-state index contributed by atoms with van der Waals surface area (Å²) in [6, 6.07) is 6.37. The van der Waals surface area contributed by atoms with E-state index in [1.165, 1.54) is 6.07 Å². The minimum atomic E-state index is -0.367. The Balaban J connectivity index is 2.69. The standard InChI is InChI=1S/C13H15BrFN3O2/c14-11-1-2-12(15)10(7-11)8-18(5-6-19)9-13(20)17-4-3-16/h1-2,7,19H,4-6,8-9H2,(H,17,20). The second-order valence-electron chi connectivity index (χ2n) is 4.10. The molecule has 0 radical (unpaired) electrons. The lowest BCUT2D eigenvalue weighted by molar-refractivity contribution is -0.122. The number of carbonyl (C=O) groups excluding carboxylic acids is 1. The monoisotopic (exact) mass is 343 g/mol. The summed E-state index contributed by atoms with van der Waals surface area (Å²) in [5.41, 5.74) is 0.431. The zero-order chi connectivity index (χ0) is 15.0. The molecule has 0 aliphatic carbocycles. The Morgan fingerprint density at radius 2 is 2.30 bits per heavy atom. The maximum Gasteiger partial charge on any atom is 0.235 e. The quantitative estimate of drug-likeness (QED) is 0.725. The van der Waals surface area contributed by atoms with Crippen LogP contribution in [0.3, 0.4) is 0 Å². The van der Waals surface area contributed by atoms with Gasteiger partial charge in [-0.25, -0.2) is 4.39 Å². The summed E-state index contributed by atoms with van der Waals surface area (Å²) in [4.78, 5) is 13.1. The maximum atomic E-state index is 13.7. The van der Waals surface area contributed by atoms with E-state index in [1.807, 2.05) is 0 Å². The maximum absolute atomic E-state index is 13.7. The van der Waals surface area contributed by atoms with Gasteiger partial charge in [-0.3, -0.25) is 9.69 Å². The van der Waals surface area contributed by atoms with Gasteiger partial charge in [0.2, 0.25) is 5.91 Å². The lowest BCUT2D eigenvalue weighted by Crippen LogP contribution is -2.38. The topological polar surface area (TPSA) is 76.4 Å². The van der Waals surface area contributed by atoms with Crippen molar-refractivity contribution >= 4 is 21.8 Å². The summed E-state index contributed by atoms with van der Waals surface area (Å²) in [6.45, 7) is 0.226. The molecule has 7 heteroatoms. The van der Waals surface area contributed by atoms with Crippen molar-refractivity contribution in [2.45, 2.75) is 6.54 Å². The Morgan fingerprint density at radius 3 is 2.95 bits per heavy atom. The van der Waals surface area contributed by atoms with E-state index in [9.17, 15) is 9.18 Å². The highest BCUT2D eigenvalue weighted by atomic mass is 79.9. The van der Waals surface area contributed by atoms with Crippen LogP contribution in [0.1, 0.15) is 5.56 Å². The average molecular weight is 344 g/mol. The second kappa shape index (κ2) is 8.64. The fourth-order valence-electron chi connectivity index (χ4n) is 1.66. The number of nitrogens with one attached hydrogen (secondary N) is 1. The third-order valence-electron chi connectivity index (χ3n) is 2.55. The molecule has 0 saturated carbocycles. The highest BCUT2D eigenvalue weighted by Gasteiger charge is 2.13. The van der Waals surface area contributed by atoms with Crippen LogP contribution in [0.4, 0.5) is 4.39 Å². The molecular formula is C13H15BrFN3O2. The van der Waals surface area contributed by atoms with Crippen LogP contribution in [-0.2, 0) is 11.3 Å². The molecule has 0 bridgehead atoms. The Labute approximate surface area is 125 Å². The van der Waals surface area contributed by atoms with Crippen molar-refractivity contribution < 1.29 is 14.3 Å². The first-order valence-corrected chi connectivity index (χ1v) is 6.77. The molecule has 108 valence electrons. The van der Waals surface area contributed by atoms with Gasteiger partial charge < -0.3 is 10.4 Å². The van der Waals surface area contributed by atoms with Crippen LogP contribution in [0.2, 0.25) is 0 Å². The fourth-order valence-corrected chi connectivity index (χ4v) is 2.07. The van der Waals surface area contributed by atoms with E-state index in [0.717, 1.165) is 4.47 Å². The van der Waals surface area contributed by atoms with Gasteiger partial charge in [0.25, 0.3) is 0 Å². The minimum absolute atomic E-state index is 0.00576. The van der Waals surface area contributed by atoms with E-state index in [2.05, 4.69) is 21.2 Å². The summed E-state index contributed by atoms with van der Waals surface area (Å²) < 4.78 is 14.4. The summed E-state index contributed by atoms with van der Waals surface area (Å²) in [6.07, 6.45) is 0. The van der Waals surface area contributed by atoms with Crippen LogP contribution in [0.25, 0.3) is 0 Å². The first-order valence-electron chi connectivity index (χ1n) is 5.97. The van der Waals surface area contributed by atoms with E-state index < -0.39 is 0 Å². The molecule has 1 rings (SSSR count). The van der Waals surface area contributed by atoms with Crippen molar-refractivity contribution in [1.82, 2.24) is 10.2 Å². The molecule has 0 aromatic heterocycles. The predicted octanol–water partition coefficient (Wildman–Crippen LogP) is 1.02. The van der Waals surface area contributed by atoms with Crippen molar-refractivity contribution in [3.63, 3.8) is 0 Å². The van der Waals surface area contributed by atoms with E-state index in [-0.39, 0.29) is 44.5 Å². The van der Waals surface area contributed by atoms with Crippen LogP contribution in [0.15, 0.2) is 22.7 Å². The smallest absolute Gasteiger partial charge is 0.235 e. The highest BCUT2D eigenvalue weighted by molar-refractivity contribution is 9.10. The lowest BCUT2D eigenvalue weighted by atomic mass is 10.2. The van der Waals surface area contributed by atoms with Crippen LogP contribution < -0.4 is 5.32 Å². The molecule has 1 amide bonds. The molecular weight excluding hydrogens is 329 g/mol. The first kappa shape index (κ1) is 16.6. The number of nitriles is 1. The van der Waals surface area contributed by atoms with Gasteiger partial charge in [0.1, 0.15) is 12.4 Å². The molecule has 0 spiro atoms. The number of aliphatic hydroxyl groups excluding tert-OH is 1. The van der Waals surface area contributed by atoms with Gasteiger partial charge in [-0.15, -0.1) is 0 Å². The highest BCUT2D eigenvalue weighted by Crippen LogP contribution is 2.17. The van der Waals surface area contributed by atoms with E-state index >= 15 is 0 Å². The molecule has 1 aromatic carbocycles. The van der Waals surface area contributed by atoms with E-state index in [0.29, 0.717) is 5.56 Å². The summed E-state index contributed by atoms with van der Waals surface area (Å²) >= 11 is 3.26. The number of halogens is 2. The number of nitrogens with zero attached hydrogens (tertiary/aromatic N) is 2. The first-order chi connectivity index (χ1) is 9.56. The number of rotatable bonds is 7. The number of amides is 1. The molecule has 0 atom stereocenters. The van der Waals surface area contributed by atoms with Gasteiger partial charge >= 0.3 is 0 Å². The molecule has 20 heavy (non-hydrogen) atoms. The molecule has 0 aliphatic heterocycles. The van der Waals surface area contributed by atoms with Crippen molar-refractivity contribution in [2.75, 3.05) is 26.2 Å². The van der Waals surface area contributed by atoms with Gasteiger partial charge in [-0.05, 0) is 18.2 Å². The van der Waals surface area contributed by atoms with Gasteiger partial charge in [0.15, 0.2) is 0 Å². The lowest BCUT2D eigenvalue weighted by Gasteiger charge is -2.21. The summed E-state index contributed by atoms with van der Waals surface area (Å²) in [7, 11) is 0. The van der Waals surface area contributed by atoms with Gasteiger partial charge in [-0.2, -0.15) is 5.26 Å². The second-order valence-corrected chi connectivity index (χ2v) is 5.02. The predicted molar refractivity (Wildman–Crippen MR) is 75.1 cm³/mol. The SMILES string of the molecule is N#CCNC(=O)CN(CCO)Cc1cc(Br)ccc1F. The largest absolute Gasteiger partial charge is 0.395 e. The van der Waals surface area contributed by atoms with Crippen molar-refractivity contribution in [1.29, 1.82) is 5.26 Å². The number of aliphatic hydroxyl groups is 1. The third kappa shape index (κ3) is 5.65. The molecule has 0 aliphatic rings. The number of hydrogen-bond acceptors (Lipinski definition) is 4. The van der Waals surface area contributed by atoms with Crippen LogP contribution in [-0.4, -0.2) is 42.2 Å². The average Bonchev–Trinajstić information content (AvgIpc) is 2.41.